The van der Waals surface area contributed by atoms with Crippen molar-refractivity contribution in [2.24, 2.45) is 0 Å². The largest absolute Gasteiger partial charge is 0.461 e. The Bertz CT molecular complexity index is 1260. The van der Waals surface area contributed by atoms with Gasteiger partial charge in [-0.1, -0.05) is 19.6 Å². The Morgan fingerprint density at radius 1 is 1.00 bits per heavy atom. The van der Waals surface area contributed by atoms with Crippen LogP contribution >= 0.6 is 0 Å². The molecule has 0 bridgehead atoms. The van der Waals surface area contributed by atoms with Crippen LogP contribution < -0.4 is 4.74 Å². The van der Waals surface area contributed by atoms with E-state index in [9.17, 15) is 4.79 Å². The number of hydrogen-bond acceptors (Lipinski definition) is 6. The highest BCUT2D eigenvalue weighted by molar-refractivity contribution is 6.76. The van der Waals surface area contributed by atoms with Gasteiger partial charge in [0, 0.05) is 32.6 Å². The monoisotopic (exact) mass is 478 g/mol. The lowest BCUT2D eigenvalue weighted by molar-refractivity contribution is 0.0520. The maximum absolute atomic E-state index is 11.9. The molecule has 8 nitrogen and oxygen atoms in total. The van der Waals surface area contributed by atoms with Gasteiger partial charge in [-0.15, -0.1) is 0 Å². The number of fused-ring (bicyclic) bond motifs is 1. The minimum atomic E-state index is -1.11. The molecule has 3 aromatic heterocycles. The zero-order chi connectivity index (χ0) is 24.1. The normalized spacial score (nSPS) is 11.6. The van der Waals surface area contributed by atoms with E-state index in [1.165, 1.54) is 0 Å². The molecule has 0 spiro atoms. The van der Waals surface area contributed by atoms with Gasteiger partial charge in [-0.2, -0.15) is 5.10 Å². The molecule has 0 aliphatic rings. The molecule has 34 heavy (non-hydrogen) atoms. The average molecular weight is 479 g/mol. The SMILES string of the molecule is CCOC(=O)c1cn2cc(Oc3ccc(-c4ccnn4COCC[Si](C)(C)C)cc3)ccc2n1. The molecule has 0 radical (unpaired) electrons. The van der Waals surface area contributed by atoms with E-state index < -0.39 is 14.0 Å². The third-order valence-electron chi connectivity index (χ3n) is 5.22. The van der Waals surface area contributed by atoms with Crippen LogP contribution in [-0.2, 0) is 16.2 Å². The van der Waals surface area contributed by atoms with Crippen LogP contribution in [0.1, 0.15) is 17.4 Å². The van der Waals surface area contributed by atoms with Crippen molar-refractivity contribution in [1.82, 2.24) is 19.2 Å². The van der Waals surface area contributed by atoms with Gasteiger partial charge in [0.15, 0.2) is 5.69 Å². The van der Waals surface area contributed by atoms with Crippen LogP contribution in [-0.4, -0.2) is 46.4 Å². The molecule has 0 unspecified atom stereocenters. The molecule has 9 heteroatoms. The molecule has 4 rings (SSSR count). The van der Waals surface area contributed by atoms with Crippen LogP contribution in [0.4, 0.5) is 0 Å². The van der Waals surface area contributed by atoms with Crippen molar-refractivity contribution in [3.63, 3.8) is 0 Å². The number of ether oxygens (including phenoxy) is 3. The molecule has 0 atom stereocenters. The Balaban J connectivity index is 1.41. The number of nitrogens with zero attached hydrogens (tertiary/aromatic N) is 4. The van der Waals surface area contributed by atoms with Crippen molar-refractivity contribution in [2.45, 2.75) is 39.3 Å². The number of pyridine rings is 1. The van der Waals surface area contributed by atoms with Gasteiger partial charge in [0.05, 0.1) is 18.5 Å². The van der Waals surface area contributed by atoms with E-state index in [4.69, 9.17) is 14.2 Å². The first kappa shape index (κ1) is 23.7. The number of carbonyl (C=O) groups is 1. The quantitative estimate of drug-likeness (QED) is 0.171. The number of hydrogen-bond donors (Lipinski definition) is 0. The van der Waals surface area contributed by atoms with Gasteiger partial charge in [-0.3, -0.25) is 0 Å². The molecular weight excluding hydrogens is 448 g/mol. The van der Waals surface area contributed by atoms with Crippen LogP contribution in [0.25, 0.3) is 16.9 Å². The highest BCUT2D eigenvalue weighted by atomic mass is 28.3. The maximum Gasteiger partial charge on any atom is 0.358 e. The van der Waals surface area contributed by atoms with E-state index in [1.807, 2.05) is 41.1 Å². The van der Waals surface area contributed by atoms with E-state index in [0.717, 1.165) is 23.9 Å². The van der Waals surface area contributed by atoms with E-state index in [1.54, 1.807) is 36.0 Å². The molecule has 0 N–H and O–H groups in total. The van der Waals surface area contributed by atoms with Crippen molar-refractivity contribution in [3.05, 3.63) is 66.7 Å². The first-order valence-electron chi connectivity index (χ1n) is 11.4. The van der Waals surface area contributed by atoms with Crippen molar-refractivity contribution in [1.29, 1.82) is 0 Å². The van der Waals surface area contributed by atoms with Gasteiger partial charge >= 0.3 is 5.97 Å². The first-order chi connectivity index (χ1) is 16.3. The predicted molar refractivity (Wildman–Crippen MR) is 133 cm³/mol. The zero-order valence-electron chi connectivity index (χ0n) is 20.0. The minimum absolute atomic E-state index is 0.268. The van der Waals surface area contributed by atoms with Gasteiger partial charge < -0.3 is 18.6 Å². The predicted octanol–water partition coefficient (Wildman–Crippen LogP) is 5.48. The third-order valence-corrected chi connectivity index (χ3v) is 6.92. The van der Waals surface area contributed by atoms with E-state index in [2.05, 4.69) is 29.7 Å². The fraction of sp³-hybridized carbons (Fsp3) is 0.320. The summed E-state index contributed by atoms with van der Waals surface area (Å²) in [7, 11) is -1.11. The number of esters is 1. The second kappa shape index (κ2) is 10.2. The summed E-state index contributed by atoms with van der Waals surface area (Å²) in [4.78, 5) is 16.2. The Morgan fingerprint density at radius 3 is 2.50 bits per heavy atom. The third kappa shape index (κ3) is 5.92. The Morgan fingerprint density at radius 2 is 1.76 bits per heavy atom. The van der Waals surface area contributed by atoms with Crippen LogP contribution in [0.15, 0.2) is 61.1 Å². The lowest BCUT2D eigenvalue weighted by Gasteiger charge is -2.16. The summed E-state index contributed by atoms with van der Waals surface area (Å²) in [5, 5.41) is 4.40. The fourth-order valence-electron chi connectivity index (χ4n) is 3.38. The molecule has 178 valence electrons. The molecule has 3 heterocycles. The molecule has 0 amide bonds. The average Bonchev–Trinajstić information content (AvgIpc) is 3.44. The Hall–Kier alpha value is -3.43. The van der Waals surface area contributed by atoms with Gasteiger partial charge in [0.2, 0.25) is 0 Å². The van der Waals surface area contributed by atoms with E-state index >= 15 is 0 Å². The summed E-state index contributed by atoms with van der Waals surface area (Å²) in [5.41, 5.74) is 2.93. The first-order valence-corrected chi connectivity index (χ1v) is 15.1. The molecule has 0 saturated heterocycles. The number of carbonyl (C=O) groups excluding carboxylic acids is 1. The summed E-state index contributed by atoms with van der Waals surface area (Å²) < 4.78 is 20.5. The number of benzene rings is 1. The Labute approximate surface area is 200 Å². The van der Waals surface area contributed by atoms with Crippen LogP contribution in [0, 0.1) is 0 Å². The van der Waals surface area contributed by atoms with Gasteiger partial charge in [-0.25, -0.2) is 14.5 Å². The Kier molecular flexibility index (Phi) is 7.14. The van der Waals surface area contributed by atoms with E-state index in [-0.39, 0.29) is 5.69 Å². The van der Waals surface area contributed by atoms with Gasteiger partial charge in [0.25, 0.3) is 0 Å². The molecule has 1 aromatic carbocycles. The van der Waals surface area contributed by atoms with Crippen molar-refractivity contribution in [2.75, 3.05) is 13.2 Å². The lowest BCUT2D eigenvalue weighted by atomic mass is 10.1. The zero-order valence-corrected chi connectivity index (χ0v) is 21.0. The smallest absolute Gasteiger partial charge is 0.358 e. The topological polar surface area (TPSA) is 79.9 Å². The highest BCUT2D eigenvalue weighted by Crippen LogP contribution is 2.26. The highest BCUT2D eigenvalue weighted by Gasteiger charge is 2.14. The number of imidazole rings is 1. The number of aromatic nitrogens is 4. The molecule has 0 saturated carbocycles. The number of rotatable bonds is 10. The van der Waals surface area contributed by atoms with Gasteiger partial charge in [0.1, 0.15) is 23.9 Å². The van der Waals surface area contributed by atoms with Crippen molar-refractivity contribution >= 4 is 19.7 Å². The summed E-state index contributed by atoms with van der Waals surface area (Å²) >= 11 is 0. The molecular formula is C25H30N4O4Si. The second-order valence-electron chi connectivity index (χ2n) is 9.17. The van der Waals surface area contributed by atoms with Gasteiger partial charge in [-0.05, 0) is 55.4 Å². The fourth-order valence-corrected chi connectivity index (χ4v) is 4.13. The summed E-state index contributed by atoms with van der Waals surface area (Å²) in [6.07, 6.45) is 5.20. The van der Waals surface area contributed by atoms with E-state index in [0.29, 0.717) is 30.5 Å². The molecule has 4 aromatic rings. The van der Waals surface area contributed by atoms with Crippen LogP contribution in [0.3, 0.4) is 0 Å². The van der Waals surface area contributed by atoms with Crippen molar-refractivity contribution < 1.29 is 19.0 Å². The van der Waals surface area contributed by atoms with Crippen LogP contribution in [0.2, 0.25) is 25.7 Å². The van der Waals surface area contributed by atoms with Crippen molar-refractivity contribution in [3.8, 4) is 22.8 Å². The molecule has 0 aliphatic heterocycles. The standard InChI is InChI=1S/C25H30N4O4Si/c1-5-32-25(30)22-17-28-16-21(10-11-24(28)27-22)33-20-8-6-19(7-9-20)23-12-13-26-29(23)18-31-14-15-34(2,3)4/h6-13,16-17H,5,14-15,18H2,1-4H3. The summed E-state index contributed by atoms with van der Waals surface area (Å²) in [6.45, 7) is 10.3. The molecule has 0 aliphatic carbocycles. The second-order valence-corrected chi connectivity index (χ2v) is 14.8. The minimum Gasteiger partial charge on any atom is -0.461 e. The maximum atomic E-state index is 11.9. The summed E-state index contributed by atoms with van der Waals surface area (Å²) in [6, 6.07) is 14.6. The van der Waals surface area contributed by atoms with Crippen LogP contribution in [0.5, 0.6) is 11.5 Å². The summed E-state index contributed by atoms with van der Waals surface area (Å²) in [5.74, 6) is 0.894. The molecule has 0 fully saturated rings. The lowest BCUT2D eigenvalue weighted by Crippen LogP contribution is -2.22.